The lowest BCUT2D eigenvalue weighted by atomic mass is 9.96. The number of aromatic amines is 1. The van der Waals surface area contributed by atoms with E-state index in [9.17, 15) is 24.3 Å². The van der Waals surface area contributed by atoms with E-state index in [2.05, 4.69) is 25.9 Å². The highest BCUT2D eigenvalue weighted by Gasteiger charge is 2.33. The van der Waals surface area contributed by atoms with E-state index in [1.165, 1.54) is 0 Å². The number of nitrogens with zero attached hydrogens (tertiary/aromatic N) is 1. The average Bonchev–Trinajstić information content (AvgIpc) is 3.43. The van der Waals surface area contributed by atoms with Gasteiger partial charge in [0.25, 0.3) is 0 Å². The third kappa shape index (κ3) is 10.3. The molecule has 0 aliphatic heterocycles. The number of carbonyl (C=O) groups excluding carboxylic acids is 3. The van der Waals surface area contributed by atoms with Crippen LogP contribution in [0.3, 0.4) is 0 Å². The fourth-order valence-electron chi connectivity index (χ4n) is 4.93. The Morgan fingerprint density at radius 3 is 2.22 bits per heavy atom. The molecule has 11 N–H and O–H groups in total. The number of fused-ring (bicyclic) bond motifs is 1. The molecule has 3 amide bonds. The first-order valence-electron chi connectivity index (χ1n) is 15.0. The summed E-state index contributed by atoms with van der Waals surface area (Å²) in [5.41, 5.74) is 19.2. The van der Waals surface area contributed by atoms with E-state index in [1.807, 2.05) is 37.3 Å². The summed E-state index contributed by atoms with van der Waals surface area (Å²) in [7, 11) is 0. The Bertz CT molecular complexity index is 1470. The predicted molar refractivity (Wildman–Crippen MR) is 173 cm³/mol. The number of guanidine groups is 1. The van der Waals surface area contributed by atoms with Gasteiger partial charge in [0.15, 0.2) is 5.96 Å². The second-order valence-corrected chi connectivity index (χ2v) is 11.1. The van der Waals surface area contributed by atoms with Crippen LogP contribution in [0.15, 0.2) is 65.8 Å². The number of rotatable bonds is 17. The summed E-state index contributed by atoms with van der Waals surface area (Å²) in [5, 5.41) is 18.9. The Balaban J connectivity index is 1.80. The summed E-state index contributed by atoms with van der Waals surface area (Å²) in [6, 6.07) is 12.2. The van der Waals surface area contributed by atoms with E-state index in [-0.39, 0.29) is 31.1 Å². The maximum atomic E-state index is 13.8. The maximum absolute atomic E-state index is 13.8. The number of carbonyl (C=O) groups is 4. The van der Waals surface area contributed by atoms with Crippen molar-refractivity contribution in [2.75, 3.05) is 6.54 Å². The molecule has 1 aromatic heterocycles. The topological polar surface area (TPSA) is 231 Å². The SMILES string of the molecule is CCC(C)C(NC(=O)C(Cc1c[nH]c2ccccc12)NC(=O)C(N)CCCN=C(N)N)C(=O)NC(Cc1ccccc1)C(=O)O. The zero-order valence-corrected chi connectivity index (χ0v) is 25.7. The lowest BCUT2D eigenvalue weighted by Gasteiger charge is -2.28. The van der Waals surface area contributed by atoms with E-state index in [0.717, 1.165) is 22.0 Å². The van der Waals surface area contributed by atoms with Crippen molar-refractivity contribution in [3.05, 3.63) is 71.9 Å². The van der Waals surface area contributed by atoms with Crippen LogP contribution in [0.5, 0.6) is 0 Å². The van der Waals surface area contributed by atoms with E-state index in [1.54, 1.807) is 37.4 Å². The number of aromatic nitrogens is 1. The van der Waals surface area contributed by atoms with Crippen LogP contribution in [-0.4, -0.2) is 70.5 Å². The highest BCUT2D eigenvalue weighted by molar-refractivity contribution is 5.95. The number of carboxylic acids is 1. The summed E-state index contributed by atoms with van der Waals surface area (Å²) in [4.78, 5) is 59.6. The van der Waals surface area contributed by atoms with Crippen molar-refractivity contribution in [1.29, 1.82) is 0 Å². The van der Waals surface area contributed by atoms with Crippen LogP contribution in [0.2, 0.25) is 0 Å². The van der Waals surface area contributed by atoms with Crippen molar-refractivity contribution >= 4 is 40.6 Å². The maximum Gasteiger partial charge on any atom is 0.326 e. The summed E-state index contributed by atoms with van der Waals surface area (Å²) in [5.74, 6) is -3.37. The molecule has 0 fully saturated rings. The van der Waals surface area contributed by atoms with E-state index in [0.29, 0.717) is 19.4 Å². The minimum absolute atomic E-state index is 0.0573. The molecule has 3 aromatic rings. The third-order valence-electron chi connectivity index (χ3n) is 7.73. The molecule has 5 unspecified atom stereocenters. The Hall–Kier alpha value is -4.91. The molecular weight excluding hydrogens is 576 g/mol. The molecule has 13 nitrogen and oxygen atoms in total. The zero-order valence-electron chi connectivity index (χ0n) is 25.7. The Morgan fingerprint density at radius 1 is 0.889 bits per heavy atom. The van der Waals surface area contributed by atoms with Crippen LogP contribution in [0.4, 0.5) is 0 Å². The predicted octanol–water partition coefficient (Wildman–Crippen LogP) is 0.919. The van der Waals surface area contributed by atoms with E-state index < -0.39 is 47.9 Å². The fraction of sp³-hybridized carbons (Fsp3) is 0.406. The molecule has 1 heterocycles. The Kier molecular flexibility index (Phi) is 12.9. The van der Waals surface area contributed by atoms with Gasteiger partial charge in [0, 0.05) is 36.5 Å². The molecule has 45 heavy (non-hydrogen) atoms. The first-order chi connectivity index (χ1) is 21.5. The molecule has 0 spiro atoms. The highest BCUT2D eigenvalue weighted by atomic mass is 16.4. The van der Waals surface area contributed by atoms with Crippen LogP contribution >= 0.6 is 0 Å². The van der Waals surface area contributed by atoms with Gasteiger partial charge in [-0.3, -0.25) is 19.4 Å². The largest absolute Gasteiger partial charge is 0.480 e. The number of nitrogens with two attached hydrogens (primary N) is 3. The fourth-order valence-corrected chi connectivity index (χ4v) is 4.93. The number of aliphatic imine (C=N–C) groups is 1. The number of amides is 3. The molecule has 2 aromatic carbocycles. The number of hydrogen-bond donors (Lipinski definition) is 8. The van der Waals surface area contributed by atoms with Gasteiger partial charge in [-0.2, -0.15) is 0 Å². The molecule has 0 aliphatic rings. The van der Waals surface area contributed by atoms with Crippen molar-refractivity contribution in [3.8, 4) is 0 Å². The van der Waals surface area contributed by atoms with Crippen molar-refractivity contribution < 1.29 is 24.3 Å². The Morgan fingerprint density at radius 2 is 1.56 bits per heavy atom. The summed E-state index contributed by atoms with van der Waals surface area (Å²) in [6.07, 6.45) is 3.21. The lowest BCUT2D eigenvalue weighted by Crippen LogP contribution is -2.59. The van der Waals surface area contributed by atoms with Crippen molar-refractivity contribution in [2.45, 2.75) is 70.1 Å². The molecule has 0 saturated carbocycles. The van der Waals surface area contributed by atoms with Crippen LogP contribution in [0, 0.1) is 5.92 Å². The zero-order chi connectivity index (χ0) is 32.9. The molecule has 5 atom stereocenters. The quantitative estimate of drug-likeness (QED) is 0.0613. The first kappa shape index (κ1) is 34.6. The van der Waals surface area contributed by atoms with Crippen LogP contribution in [0.1, 0.15) is 44.2 Å². The number of H-pyrrole nitrogens is 1. The molecule has 0 bridgehead atoms. The van der Waals surface area contributed by atoms with Gasteiger partial charge in [0.2, 0.25) is 17.7 Å². The number of carboxylic acid groups (broad SMARTS) is 1. The minimum atomic E-state index is -1.21. The first-order valence-corrected chi connectivity index (χ1v) is 15.0. The Labute approximate surface area is 262 Å². The summed E-state index contributed by atoms with van der Waals surface area (Å²) < 4.78 is 0. The molecular formula is C32H44N8O5. The van der Waals surface area contributed by atoms with Gasteiger partial charge < -0.3 is 43.2 Å². The van der Waals surface area contributed by atoms with Crippen LogP contribution < -0.4 is 33.2 Å². The molecule has 3 rings (SSSR count). The molecule has 0 radical (unpaired) electrons. The van der Waals surface area contributed by atoms with Gasteiger partial charge in [0.05, 0.1) is 6.04 Å². The summed E-state index contributed by atoms with van der Waals surface area (Å²) in [6.45, 7) is 3.95. The highest BCUT2D eigenvalue weighted by Crippen LogP contribution is 2.20. The number of para-hydroxylation sites is 1. The summed E-state index contributed by atoms with van der Waals surface area (Å²) >= 11 is 0. The van der Waals surface area contributed by atoms with Gasteiger partial charge in [0.1, 0.15) is 18.1 Å². The molecule has 0 aliphatic carbocycles. The van der Waals surface area contributed by atoms with Crippen molar-refractivity contribution in [3.63, 3.8) is 0 Å². The average molecular weight is 621 g/mol. The number of hydrogen-bond acceptors (Lipinski definition) is 6. The minimum Gasteiger partial charge on any atom is -0.480 e. The normalized spacial score (nSPS) is 14.4. The number of benzene rings is 2. The second-order valence-electron chi connectivity index (χ2n) is 11.1. The van der Waals surface area contributed by atoms with E-state index >= 15 is 0 Å². The van der Waals surface area contributed by atoms with Gasteiger partial charge in [-0.15, -0.1) is 0 Å². The van der Waals surface area contributed by atoms with Gasteiger partial charge in [-0.1, -0.05) is 68.8 Å². The van der Waals surface area contributed by atoms with Crippen LogP contribution in [-0.2, 0) is 32.0 Å². The number of aliphatic carboxylic acids is 1. The lowest BCUT2D eigenvalue weighted by molar-refractivity contribution is -0.142. The standard InChI is InChI=1S/C32H44N8O5/c1-3-19(2)27(30(43)39-26(31(44)45)16-20-10-5-4-6-11-20)40-29(42)25(17-21-18-37-24-14-8-7-12-22(21)24)38-28(41)23(33)13-9-15-36-32(34)35/h4-8,10-12,14,18-19,23,25-27,37H,3,9,13,15-17,33H2,1-2H3,(H,38,41)(H,39,43)(H,40,42)(H,44,45)(H4,34,35,36). The van der Waals surface area contributed by atoms with Gasteiger partial charge in [-0.25, -0.2) is 4.79 Å². The molecule has 0 saturated heterocycles. The smallest absolute Gasteiger partial charge is 0.326 e. The van der Waals surface area contributed by atoms with Crippen molar-refractivity contribution in [1.82, 2.24) is 20.9 Å². The van der Waals surface area contributed by atoms with Crippen molar-refractivity contribution in [2.24, 2.45) is 28.1 Å². The van der Waals surface area contributed by atoms with Crippen LogP contribution in [0.25, 0.3) is 10.9 Å². The van der Waals surface area contributed by atoms with Gasteiger partial charge >= 0.3 is 5.97 Å². The van der Waals surface area contributed by atoms with E-state index in [4.69, 9.17) is 17.2 Å². The number of nitrogens with one attached hydrogen (secondary N) is 4. The molecule has 242 valence electrons. The monoisotopic (exact) mass is 620 g/mol. The second kappa shape index (κ2) is 16.8. The third-order valence-corrected chi connectivity index (χ3v) is 7.73. The molecule has 13 heteroatoms. The van der Waals surface area contributed by atoms with Gasteiger partial charge in [-0.05, 0) is 36.0 Å².